The normalized spacial score (nSPS) is 10.4. The standard InChI is InChI=1S/C14H14N2O2/c1-8-13(9(2)16-10(3)15-8)14(18)11-6-4-5-7-12(11)17/h4-7,17H,1-3H3. The Kier molecular flexibility index (Phi) is 3.10. The number of para-hydroxylation sites is 1. The Hall–Kier alpha value is -2.23. The van der Waals surface area contributed by atoms with Crippen molar-refractivity contribution in [2.45, 2.75) is 20.8 Å². The maximum absolute atomic E-state index is 12.4. The molecule has 0 unspecified atom stereocenters. The highest BCUT2D eigenvalue weighted by molar-refractivity contribution is 6.11. The van der Waals surface area contributed by atoms with Crippen LogP contribution in [0.2, 0.25) is 0 Å². The van der Waals surface area contributed by atoms with Gasteiger partial charge in [0.2, 0.25) is 0 Å². The molecule has 0 aliphatic rings. The third-order valence-electron chi connectivity index (χ3n) is 2.76. The number of rotatable bonds is 2. The lowest BCUT2D eigenvalue weighted by Gasteiger charge is -2.09. The van der Waals surface area contributed by atoms with E-state index in [0.29, 0.717) is 22.8 Å². The molecule has 2 rings (SSSR count). The van der Waals surface area contributed by atoms with Crippen LogP contribution >= 0.6 is 0 Å². The van der Waals surface area contributed by atoms with E-state index >= 15 is 0 Å². The van der Waals surface area contributed by atoms with Gasteiger partial charge in [0.25, 0.3) is 0 Å². The zero-order chi connectivity index (χ0) is 13.3. The second-order valence-electron chi connectivity index (χ2n) is 4.16. The van der Waals surface area contributed by atoms with Crippen molar-refractivity contribution in [1.29, 1.82) is 0 Å². The van der Waals surface area contributed by atoms with Crippen molar-refractivity contribution in [3.05, 3.63) is 52.6 Å². The number of hydrogen-bond donors (Lipinski definition) is 1. The van der Waals surface area contributed by atoms with Gasteiger partial charge in [-0.3, -0.25) is 4.79 Å². The summed E-state index contributed by atoms with van der Waals surface area (Å²) in [7, 11) is 0. The van der Waals surface area contributed by atoms with Crippen LogP contribution in [0.3, 0.4) is 0 Å². The highest BCUT2D eigenvalue weighted by Gasteiger charge is 2.19. The van der Waals surface area contributed by atoms with Crippen LogP contribution in [-0.2, 0) is 0 Å². The van der Waals surface area contributed by atoms with Crippen molar-refractivity contribution in [1.82, 2.24) is 9.97 Å². The Morgan fingerprint density at radius 2 is 1.61 bits per heavy atom. The minimum atomic E-state index is -0.247. The molecule has 1 aromatic carbocycles. The molecule has 0 atom stereocenters. The molecule has 92 valence electrons. The summed E-state index contributed by atoms with van der Waals surface area (Å²) in [5, 5.41) is 9.72. The van der Waals surface area contributed by atoms with Crippen molar-refractivity contribution in [3.8, 4) is 5.75 Å². The SMILES string of the molecule is Cc1nc(C)c(C(=O)c2ccccc2O)c(C)n1. The summed E-state index contributed by atoms with van der Waals surface area (Å²) in [4.78, 5) is 20.8. The zero-order valence-corrected chi connectivity index (χ0v) is 10.6. The van der Waals surface area contributed by atoms with Gasteiger partial charge in [-0.25, -0.2) is 9.97 Å². The van der Waals surface area contributed by atoms with Crippen molar-refractivity contribution in [3.63, 3.8) is 0 Å². The monoisotopic (exact) mass is 242 g/mol. The van der Waals surface area contributed by atoms with Gasteiger partial charge in [0.05, 0.1) is 22.5 Å². The number of aromatic nitrogens is 2. The Morgan fingerprint density at radius 1 is 1.06 bits per heavy atom. The van der Waals surface area contributed by atoms with E-state index in [4.69, 9.17) is 0 Å². The van der Waals surface area contributed by atoms with Gasteiger partial charge in [0.1, 0.15) is 11.6 Å². The molecular weight excluding hydrogens is 228 g/mol. The number of phenolic OH excluding ortho intramolecular Hbond substituents is 1. The highest BCUT2D eigenvalue weighted by atomic mass is 16.3. The van der Waals surface area contributed by atoms with E-state index in [-0.39, 0.29) is 17.1 Å². The van der Waals surface area contributed by atoms with E-state index in [9.17, 15) is 9.90 Å². The van der Waals surface area contributed by atoms with E-state index < -0.39 is 0 Å². The molecule has 0 spiro atoms. The van der Waals surface area contributed by atoms with Crippen LogP contribution in [0.25, 0.3) is 0 Å². The molecule has 2 aromatic rings. The fourth-order valence-electron chi connectivity index (χ4n) is 2.01. The molecule has 0 fully saturated rings. The van der Waals surface area contributed by atoms with Crippen LogP contribution < -0.4 is 0 Å². The van der Waals surface area contributed by atoms with Gasteiger partial charge in [-0.15, -0.1) is 0 Å². The minimum Gasteiger partial charge on any atom is -0.507 e. The van der Waals surface area contributed by atoms with Crippen molar-refractivity contribution in [2.75, 3.05) is 0 Å². The van der Waals surface area contributed by atoms with Crippen LogP contribution in [0.15, 0.2) is 24.3 Å². The van der Waals surface area contributed by atoms with E-state index in [2.05, 4.69) is 9.97 Å². The van der Waals surface area contributed by atoms with Crippen LogP contribution in [0, 0.1) is 20.8 Å². The second kappa shape index (κ2) is 4.56. The number of ketones is 1. The number of carbonyl (C=O) groups excluding carboxylic acids is 1. The van der Waals surface area contributed by atoms with Crippen molar-refractivity contribution >= 4 is 5.78 Å². The minimum absolute atomic E-state index is 0.0260. The molecule has 4 heteroatoms. The van der Waals surface area contributed by atoms with Gasteiger partial charge in [0.15, 0.2) is 5.78 Å². The Labute approximate surface area is 105 Å². The largest absolute Gasteiger partial charge is 0.507 e. The average molecular weight is 242 g/mol. The molecule has 0 radical (unpaired) electrons. The molecular formula is C14H14N2O2. The van der Waals surface area contributed by atoms with Crippen LogP contribution in [0.4, 0.5) is 0 Å². The van der Waals surface area contributed by atoms with Crippen LogP contribution in [0.1, 0.15) is 33.1 Å². The lowest BCUT2D eigenvalue weighted by Crippen LogP contribution is -2.10. The van der Waals surface area contributed by atoms with Gasteiger partial charge < -0.3 is 5.11 Å². The van der Waals surface area contributed by atoms with E-state index in [1.54, 1.807) is 39.0 Å². The first-order valence-corrected chi connectivity index (χ1v) is 5.65. The first-order chi connectivity index (χ1) is 8.50. The van der Waals surface area contributed by atoms with E-state index in [0.717, 1.165) is 0 Å². The molecule has 0 aliphatic carbocycles. The second-order valence-corrected chi connectivity index (χ2v) is 4.16. The molecule has 0 saturated heterocycles. The molecule has 1 N–H and O–H groups in total. The highest BCUT2D eigenvalue weighted by Crippen LogP contribution is 2.22. The quantitative estimate of drug-likeness (QED) is 0.821. The number of nitrogens with zero attached hydrogens (tertiary/aromatic N) is 2. The number of aryl methyl sites for hydroxylation is 3. The maximum Gasteiger partial charge on any atom is 0.200 e. The molecule has 0 amide bonds. The summed E-state index contributed by atoms with van der Waals surface area (Å²) in [6.07, 6.45) is 0. The molecule has 1 aromatic heterocycles. The molecule has 18 heavy (non-hydrogen) atoms. The third kappa shape index (κ3) is 2.09. The Bertz CT molecular complexity index is 598. The van der Waals surface area contributed by atoms with Gasteiger partial charge >= 0.3 is 0 Å². The number of phenols is 1. The lowest BCUT2D eigenvalue weighted by atomic mass is 10.00. The molecule has 0 saturated carbocycles. The molecule has 4 nitrogen and oxygen atoms in total. The van der Waals surface area contributed by atoms with Crippen molar-refractivity contribution in [2.24, 2.45) is 0 Å². The first-order valence-electron chi connectivity index (χ1n) is 5.65. The van der Waals surface area contributed by atoms with E-state index in [1.807, 2.05) is 0 Å². The number of benzene rings is 1. The van der Waals surface area contributed by atoms with Crippen LogP contribution in [-0.4, -0.2) is 20.9 Å². The first kappa shape index (κ1) is 12.2. The number of carbonyl (C=O) groups is 1. The van der Waals surface area contributed by atoms with Crippen LogP contribution in [0.5, 0.6) is 5.75 Å². The molecule has 0 aliphatic heterocycles. The summed E-state index contributed by atoms with van der Waals surface area (Å²) in [5.41, 5.74) is 2.00. The summed E-state index contributed by atoms with van der Waals surface area (Å²) < 4.78 is 0. The van der Waals surface area contributed by atoms with Gasteiger partial charge in [-0.2, -0.15) is 0 Å². The summed E-state index contributed by atoms with van der Waals surface area (Å²) >= 11 is 0. The topological polar surface area (TPSA) is 63.1 Å². The van der Waals surface area contributed by atoms with Gasteiger partial charge in [-0.1, -0.05) is 12.1 Å². The Morgan fingerprint density at radius 3 is 2.17 bits per heavy atom. The van der Waals surface area contributed by atoms with Gasteiger partial charge in [0, 0.05) is 0 Å². The fourth-order valence-corrected chi connectivity index (χ4v) is 2.01. The fraction of sp³-hybridized carbons (Fsp3) is 0.214. The maximum atomic E-state index is 12.4. The Balaban J connectivity index is 2.57. The smallest absolute Gasteiger partial charge is 0.200 e. The molecule has 1 heterocycles. The third-order valence-corrected chi connectivity index (χ3v) is 2.76. The summed E-state index contributed by atoms with van der Waals surface area (Å²) in [5.74, 6) is 0.365. The van der Waals surface area contributed by atoms with E-state index in [1.165, 1.54) is 6.07 Å². The summed E-state index contributed by atoms with van der Waals surface area (Å²) in [6, 6.07) is 6.48. The number of aromatic hydroxyl groups is 1. The van der Waals surface area contributed by atoms with Gasteiger partial charge in [-0.05, 0) is 32.9 Å². The zero-order valence-electron chi connectivity index (χ0n) is 10.6. The van der Waals surface area contributed by atoms with Crippen molar-refractivity contribution < 1.29 is 9.90 Å². The number of hydrogen-bond acceptors (Lipinski definition) is 4. The summed E-state index contributed by atoms with van der Waals surface area (Å²) in [6.45, 7) is 5.33. The lowest BCUT2D eigenvalue weighted by molar-refractivity contribution is 0.103. The predicted molar refractivity (Wildman–Crippen MR) is 67.8 cm³/mol. The predicted octanol–water partition coefficient (Wildman–Crippen LogP) is 2.34. The average Bonchev–Trinajstić information content (AvgIpc) is 2.27. The molecule has 0 bridgehead atoms.